The van der Waals surface area contributed by atoms with Gasteiger partial charge in [0.2, 0.25) is 5.91 Å². The van der Waals surface area contributed by atoms with Crippen molar-refractivity contribution >= 4 is 33.8 Å². The number of benzene rings is 2. The Balaban J connectivity index is 1.42. The van der Waals surface area contributed by atoms with Crippen molar-refractivity contribution in [3.8, 4) is 11.3 Å². The summed E-state index contributed by atoms with van der Waals surface area (Å²) in [5, 5.41) is 6.06. The third-order valence-corrected chi connectivity index (χ3v) is 6.06. The molecule has 8 nitrogen and oxygen atoms in total. The maximum Gasteiger partial charge on any atom is 0.270 e. The summed E-state index contributed by atoms with van der Waals surface area (Å²) >= 11 is 0. The van der Waals surface area contributed by atoms with E-state index < -0.39 is 5.91 Å². The number of pyridine rings is 1. The molecule has 0 unspecified atom stereocenters. The van der Waals surface area contributed by atoms with Crippen molar-refractivity contribution in [1.29, 1.82) is 0 Å². The molecule has 2 aromatic carbocycles. The number of hydrogen-bond donors (Lipinski definition) is 3. The minimum Gasteiger partial charge on any atom is -0.361 e. The summed E-state index contributed by atoms with van der Waals surface area (Å²) in [6.07, 6.45) is 3.59. The molecule has 0 atom stereocenters. The molecule has 0 saturated heterocycles. The van der Waals surface area contributed by atoms with E-state index in [1.807, 2.05) is 75.5 Å². The van der Waals surface area contributed by atoms with Crippen LogP contribution >= 0.6 is 0 Å². The van der Waals surface area contributed by atoms with Gasteiger partial charge in [-0.25, -0.2) is 9.67 Å². The zero-order valence-corrected chi connectivity index (χ0v) is 19.8. The van der Waals surface area contributed by atoms with E-state index in [4.69, 9.17) is 4.98 Å². The minimum atomic E-state index is -0.428. The summed E-state index contributed by atoms with van der Waals surface area (Å²) in [6, 6.07) is 17.5. The van der Waals surface area contributed by atoms with Crippen LogP contribution in [0.25, 0.3) is 33.2 Å². The Morgan fingerprint density at radius 2 is 1.80 bits per heavy atom. The second kappa shape index (κ2) is 9.06. The number of fused-ring (bicyclic) bond motifs is 2. The number of carbonyl (C=O) groups is 2. The third-order valence-electron chi connectivity index (χ3n) is 6.06. The number of amides is 2. The van der Waals surface area contributed by atoms with Crippen molar-refractivity contribution in [2.24, 2.45) is 0 Å². The molecule has 3 N–H and O–H groups in total. The lowest BCUT2D eigenvalue weighted by Crippen LogP contribution is -2.42. The largest absolute Gasteiger partial charge is 0.361 e. The summed E-state index contributed by atoms with van der Waals surface area (Å²) in [5.41, 5.74) is 10.6. The molecule has 5 aromatic rings. The summed E-state index contributed by atoms with van der Waals surface area (Å²) in [4.78, 5) is 33.8. The average molecular weight is 467 g/mol. The van der Waals surface area contributed by atoms with Crippen LogP contribution in [0.3, 0.4) is 0 Å². The first kappa shape index (κ1) is 22.3. The molecule has 5 rings (SSSR count). The van der Waals surface area contributed by atoms with Crippen LogP contribution in [0.15, 0.2) is 67.0 Å². The maximum absolute atomic E-state index is 13.2. The number of rotatable bonds is 5. The average Bonchev–Trinajstić information content (AvgIpc) is 3.47. The van der Waals surface area contributed by atoms with Gasteiger partial charge in [0.05, 0.1) is 29.3 Å². The lowest BCUT2D eigenvalue weighted by Gasteiger charge is -2.12. The van der Waals surface area contributed by atoms with E-state index in [1.165, 1.54) is 0 Å². The fourth-order valence-corrected chi connectivity index (χ4v) is 4.27. The topological polar surface area (TPSA) is 105 Å². The van der Waals surface area contributed by atoms with E-state index >= 15 is 0 Å². The van der Waals surface area contributed by atoms with Crippen molar-refractivity contribution in [2.45, 2.75) is 33.2 Å². The first-order chi connectivity index (χ1) is 16.9. The van der Waals surface area contributed by atoms with Gasteiger partial charge in [-0.05, 0) is 44.0 Å². The van der Waals surface area contributed by atoms with Gasteiger partial charge in [-0.3, -0.25) is 20.4 Å². The molecule has 0 radical (unpaired) electrons. The lowest BCUT2D eigenvalue weighted by atomic mass is 10.0. The van der Waals surface area contributed by atoms with E-state index in [1.54, 1.807) is 16.9 Å². The third kappa shape index (κ3) is 4.26. The van der Waals surface area contributed by atoms with E-state index in [2.05, 4.69) is 20.9 Å². The number of nitrogens with one attached hydrogen (secondary N) is 3. The van der Waals surface area contributed by atoms with E-state index in [0.29, 0.717) is 22.3 Å². The molecule has 0 bridgehead atoms. The molecule has 0 spiro atoms. The highest BCUT2D eigenvalue weighted by molar-refractivity contribution is 6.07. The van der Waals surface area contributed by atoms with Gasteiger partial charge >= 0.3 is 0 Å². The van der Waals surface area contributed by atoms with E-state index in [0.717, 1.165) is 27.6 Å². The number of hydrazine groups is 1. The number of para-hydroxylation sites is 1. The highest BCUT2D eigenvalue weighted by atomic mass is 16.2. The van der Waals surface area contributed by atoms with Crippen LogP contribution in [0.2, 0.25) is 0 Å². The Kier molecular flexibility index (Phi) is 5.78. The number of nitrogens with zero attached hydrogens (tertiary/aromatic N) is 3. The maximum atomic E-state index is 13.2. The first-order valence-corrected chi connectivity index (χ1v) is 11.5. The standard InChI is InChI=1S/C27H26N6O2/c1-16(2)33-26-22(15-29-33)21(13-24(30-26)19-9-5-4-8-17(19)3)27(35)32-31-25(34)12-18-14-28-23-11-7-6-10-20(18)23/h4-11,13-16,28H,12H2,1-3H3,(H,31,34)(H,32,35). The summed E-state index contributed by atoms with van der Waals surface area (Å²) in [5.74, 6) is -0.742. The second-order valence-corrected chi connectivity index (χ2v) is 8.83. The van der Waals surface area contributed by atoms with Gasteiger partial charge in [0.15, 0.2) is 5.65 Å². The molecule has 176 valence electrons. The minimum absolute atomic E-state index is 0.0684. The van der Waals surface area contributed by atoms with Crippen LogP contribution in [0.5, 0.6) is 0 Å². The van der Waals surface area contributed by atoms with Crippen molar-refractivity contribution in [3.63, 3.8) is 0 Å². The summed E-state index contributed by atoms with van der Waals surface area (Å²) in [7, 11) is 0. The highest BCUT2D eigenvalue weighted by Crippen LogP contribution is 2.28. The Morgan fingerprint density at radius 3 is 2.60 bits per heavy atom. The fourth-order valence-electron chi connectivity index (χ4n) is 4.27. The molecule has 3 heterocycles. The molecular weight excluding hydrogens is 440 g/mol. The molecule has 0 aliphatic rings. The van der Waals surface area contributed by atoms with Crippen LogP contribution < -0.4 is 10.9 Å². The molecule has 3 aromatic heterocycles. The molecule has 2 amide bonds. The Labute approximate surface area is 202 Å². The quantitative estimate of drug-likeness (QED) is 0.332. The van der Waals surface area contributed by atoms with Gasteiger partial charge < -0.3 is 4.98 Å². The monoisotopic (exact) mass is 466 g/mol. The van der Waals surface area contributed by atoms with Crippen molar-refractivity contribution in [2.75, 3.05) is 0 Å². The van der Waals surface area contributed by atoms with Crippen molar-refractivity contribution in [1.82, 2.24) is 30.6 Å². The Bertz CT molecular complexity index is 1560. The SMILES string of the molecule is Cc1ccccc1-c1cc(C(=O)NNC(=O)Cc2c[nH]c3ccccc23)c2cnn(C(C)C)c2n1. The van der Waals surface area contributed by atoms with Crippen LogP contribution in [0.4, 0.5) is 0 Å². The number of aromatic nitrogens is 4. The zero-order valence-electron chi connectivity index (χ0n) is 19.8. The number of carbonyl (C=O) groups excluding carboxylic acids is 2. The van der Waals surface area contributed by atoms with Gasteiger partial charge in [-0.15, -0.1) is 0 Å². The smallest absolute Gasteiger partial charge is 0.270 e. The number of aryl methyl sites for hydroxylation is 1. The summed E-state index contributed by atoms with van der Waals surface area (Å²) < 4.78 is 1.80. The fraction of sp³-hybridized carbons (Fsp3) is 0.185. The van der Waals surface area contributed by atoms with Crippen molar-refractivity contribution < 1.29 is 9.59 Å². The van der Waals surface area contributed by atoms with E-state index in [9.17, 15) is 9.59 Å². The van der Waals surface area contributed by atoms with Gasteiger partial charge in [-0.1, -0.05) is 42.5 Å². The molecule has 0 aliphatic heterocycles. The Morgan fingerprint density at radius 1 is 1.03 bits per heavy atom. The van der Waals surface area contributed by atoms with Crippen LogP contribution in [-0.2, 0) is 11.2 Å². The van der Waals surface area contributed by atoms with Crippen LogP contribution in [0, 0.1) is 6.92 Å². The molecule has 0 aliphatic carbocycles. The molecule has 8 heteroatoms. The highest BCUT2D eigenvalue weighted by Gasteiger charge is 2.20. The lowest BCUT2D eigenvalue weighted by molar-refractivity contribution is -0.121. The van der Waals surface area contributed by atoms with Gasteiger partial charge in [0, 0.05) is 28.7 Å². The predicted molar refractivity (Wildman–Crippen MR) is 136 cm³/mol. The molecular formula is C27H26N6O2. The van der Waals surface area contributed by atoms with Gasteiger partial charge in [-0.2, -0.15) is 5.10 Å². The van der Waals surface area contributed by atoms with Crippen molar-refractivity contribution in [3.05, 3.63) is 83.7 Å². The normalized spacial score (nSPS) is 11.3. The van der Waals surface area contributed by atoms with Crippen LogP contribution in [-0.4, -0.2) is 31.6 Å². The second-order valence-electron chi connectivity index (χ2n) is 8.83. The van der Waals surface area contributed by atoms with Crippen LogP contribution in [0.1, 0.15) is 41.4 Å². The number of hydrogen-bond acceptors (Lipinski definition) is 4. The predicted octanol–water partition coefficient (Wildman–Crippen LogP) is 4.47. The Hall–Kier alpha value is -4.46. The number of H-pyrrole nitrogens is 1. The zero-order chi connectivity index (χ0) is 24.5. The molecule has 0 fully saturated rings. The first-order valence-electron chi connectivity index (χ1n) is 11.5. The number of aromatic amines is 1. The van der Waals surface area contributed by atoms with Gasteiger partial charge in [0.1, 0.15) is 0 Å². The molecule has 35 heavy (non-hydrogen) atoms. The van der Waals surface area contributed by atoms with Gasteiger partial charge in [0.25, 0.3) is 5.91 Å². The summed E-state index contributed by atoms with van der Waals surface area (Å²) in [6.45, 7) is 6.03. The van der Waals surface area contributed by atoms with E-state index in [-0.39, 0.29) is 18.4 Å². The molecule has 0 saturated carbocycles.